The van der Waals surface area contributed by atoms with E-state index in [4.69, 9.17) is 0 Å². The van der Waals surface area contributed by atoms with E-state index >= 15 is 0 Å². The van der Waals surface area contributed by atoms with E-state index in [1.807, 2.05) is 0 Å². The molecule has 0 saturated carbocycles. The van der Waals surface area contributed by atoms with Gasteiger partial charge in [0.1, 0.15) is 0 Å². The summed E-state index contributed by atoms with van der Waals surface area (Å²) in [5, 5.41) is 0. The summed E-state index contributed by atoms with van der Waals surface area (Å²) < 4.78 is 0. The van der Waals surface area contributed by atoms with Gasteiger partial charge in [-0.05, 0) is 45.1 Å². The maximum atomic E-state index is 4.30. The number of hydrogen-bond donors (Lipinski definition) is 0. The van der Waals surface area contributed by atoms with Crippen molar-refractivity contribution < 1.29 is 0 Å². The minimum absolute atomic E-state index is 0.262. The third-order valence-corrected chi connectivity index (χ3v) is 3.59. The van der Waals surface area contributed by atoms with Gasteiger partial charge in [0.2, 0.25) is 0 Å². The largest absolute Gasteiger partial charge is 0.298 e. The molecule has 1 unspecified atom stereocenters. The van der Waals surface area contributed by atoms with E-state index in [2.05, 4.69) is 53.0 Å². The molecule has 1 fully saturated rings. The Morgan fingerprint density at radius 1 is 1.13 bits per heavy atom. The molecule has 1 saturated heterocycles. The van der Waals surface area contributed by atoms with Gasteiger partial charge in [-0.3, -0.25) is 4.90 Å². The van der Waals surface area contributed by atoms with Gasteiger partial charge in [0.05, 0.1) is 0 Å². The van der Waals surface area contributed by atoms with Crippen molar-refractivity contribution in [2.75, 3.05) is 13.1 Å². The Labute approximate surface area is 95.5 Å². The zero-order valence-electron chi connectivity index (χ0n) is 11.4. The van der Waals surface area contributed by atoms with E-state index in [0.29, 0.717) is 11.5 Å². The second kappa shape index (κ2) is 3.93. The average molecular weight is 209 g/mol. The molecular formula is C14H27N. The van der Waals surface area contributed by atoms with Crippen molar-refractivity contribution in [2.45, 2.75) is 53.5 Å². The quantitative estimate of drug-likeness (QED) is 0.595. The van der Waals surface area contributed by atoms with Crippen LogP contribution in [0.4, 0.5) is 0 Å². The van der Waals surface area contributed by atoms with E-state index in [1.165, 1.54) is 25.1 Å². The molecule has 15 heavy (non-hydrogen) atoms. The molecular weight excluding hydrogens is 182 g/mol. The van der Waals surface area contributed by atoms with Crippen molar-refractivity contribution in [1.82, 2.24) is 4.90 Å². The summed E-state index contributed by atoms with van der Waals surface area (Å²) in [4.78, 5) is 2.58. The third-order valence-electron chi connectivity index (χ3n) is 3.59. The lowest BCUT2D eigenvalue weighted by molar-refractivity contribution is 0.169. The average Bonchev–Trinajstić information content (AvgIpc) is 2.47. The Morgan fingerprint density at radius 3 is 2.00 bits per heavy atom. The van der Waals surface area contributed by atoms with Crippen LogP contribution in [0, 0.1) is 11.3 Å². The van der Waals surface area contributed by atoms with E-state index in [1.54, 1.807) is 0 Å². The Balaban J connectivity index is 2.62. The first-order valence-electron chi connectivity index (χ1n) is 6.06. The number of hydrogen-bond acceptors (Lipinski definition) is 1. The molecule has 0 aromatic carbocycles. The lowest BCUT2D eigenvalue weighted by atomic mass is 9.79. The fourth-order valence-corrected chi connectivity index (χ4v) is 2.27. The van der Waals surface area contributed by atoms with E-state index in [-0.39, 0.29) is 5.41 Å². The van der Waals surface area contributed by atoms with Gasteiger partial charge >= 0.3 is 0 Å². The maximum absolute atomic E-state index is 4.30. The van der Waals surface area contributed by atoms with Crippen LogP contribution in [0.15, 0.2) is 12.2 Å². The van der Waals surface area contributed by atoms with Crippen LogP contribution in [-0.2, 0) is 0 Å². The van der Waals surface area contributed by atoms with Crippen LogP contribution in [0.2, 0.25) is 0 Å². The highest BCUT2D eigenvalue weighted by molar-refractivity contribution is 5.12. The molecule has 0 amide bonds. The van der Waals surface area contributed by atoms with Crippen LogP contribution in [0.1, 0.15) is 48.0 Å². The molecule has 0 spiro atoms. The molecule has 1 atom stereocenters. The Hall–Kier alpha value is -0.300. The van der Waals surface area contributed by atoms with E-state index in [9.17, 15) is 0 Å². The zero-order chi connectivity index (χ0) is 11.9. The molecule has 0 aromatic rings. The molecule has 0 aliphatic carbocycles. The first-order chi connectivity index (χ1) is 6.62. The fourth-order valence-electron chi connectivity index (χ4n) is 2.27. The zero-order valence-corrected chi connectivity index (χ0v) is 11.4. The van der Waals surface area contributed by atoms with E-state index < -0.39 is 0 Å². The van der Waals surface area contributed by atoms with Crippen LogP contribution in [0.3, 0.4) is 0 Å². The molecule has 1 rings (SSSR count). The van der Waals surface area contributed by atoms with Crippen LogP contribution in [0.25, 0.3) is 0 Å². The number of nitrogens with zero attached hydrogens (tertiary/aromatic N) is 1. The predicted molar refractivity (Wildman–Crippen MR) is 68.0 cm³/mol. The van der Waals surface area contributed by atoms with Crippen LogP contribution >= 0.6 is 0 Å². The molecule has 0 bridgehead atoms. The fraction of sp³-hybridized carbons (Fsp3) is 0.857. The predicted octanol–water partition coefficient (Wildman–Crippen LogP) is 3.71. The van der Waals surface area contributed by atoms with Gasteiger partial charge in [-0.1, -0.05) is 32.9 Å². The second-order valence-electron chi connectivity index (χ2n) is 6.88. The van der Waals surface area contributed by atoms with Crippen molar-refractivity contribution in [3.63, 3.8) is 0 Å². The lowest BCUT2D eigenvalue weighted by Crippen LogP contribution is -2.39. The monoisotopic (exact) mass is 209 g/mol. The summed E-state index contributed by atoms with van der Waals surface area (Å²) in [6.07, 6.45) is 1.29. The molecule has 1 aliphatic heterocycles. The minimum Gasteiger partial charge on any atom is -0.298 e. The van der Waals surface area contributed by atoms with Gasteiger partial charge < -0.3 is 0 Å². The summed E-state index contributed by atoms with van der Waals surface area (Å²) in [5.41, 5.74) is 2.00. The standard InChI is InChI=1S/C14H27N/c1-11(13(2,3)4)12-8-9-15(10-12)14(5,6)7/h12H,1,8-10H2,2-7H3. The molecule has 1 aliphatic rings. The first-order valence-corrected chi connectivity index (χ1v) is 6.06. The first kappa shape index (κ1) is 12.8. The highest BCUT2D eigenvalue weighted by Gasteiger charge is 2.34. The third kappa shape index (κ3) is 3.07. The van der Waals surface area contributed by atoms with Crippen LogP contribution in [-0.4, -0.2) is 23.5 Å². The highest BCUT2D eigenvalue weighted by atomic mass is 15.2. The Bertz CT molecular complexity index is 239. The van der Waals surface area contributed by atoms with Gasteiger partial charge in [-0.2, -0.15) is 0 Å². The Kier molecular flexibility index (Phi) is 3.35. The molecule has 1 heterocycles. The molecule has 0 aromatic heterocycles. The van der Waals surface area contributed by atoms with Crippen molar-refractivity contribution in [3.8, 4) is 0 Å². The van der Waals surface area contributed by atoms with Crippen molar-refractivity contribution in [2.24, 2.45) is 11.3 Å². The topological polar surface area (TPSA) is 3.24 Å². The summed E-state index contributed by atoms with van der Waals surface area (Å²) in [5.74, 6) is 0.698. The smallest absolute Gasteiger partial charge is 0.0125 e. The minimum atomic E-state index is 0.262. The maximum Gasteiger partial charge on any atom is 0.0125 e. The number of likely N-dealkylation sites (tertiary alicyclic amines) is 1. The lowest BCUT2D eigenvalue weighted by Gasteiger charge is -2.33. The SMILES string of the molecule is C=C(C1CCN(C(C)(C)C)C1)C(C)(C)C. The summed E-state index contributed by atoms with van der Waals surface area (Å²) in [6.45, 7) is 20.4. The van der Waals surface area contributed by atoms with E-state index in [0.717, 1.165) is 0 Å². The number of rotatable bonds is 1. The van der Waals surface area contributed by atoms with Gasteiger partial charge in [0.25, 0.3) is 0 Å². The highest BCUT2D eigenvalue weighted by Crippen LogP contribution is 2.36. The Morgan fingerprint density at radius 2 is 1.67 bits per heavy atom. The molecule has 0 N–H and O–H groups in total. The molecule has 0 radical (unpaired) electrons. The molecule has 88 valence electrons. The van der Waals surface area contributed by atoms with Crippen molar-refractivity contribution in [3.05, 3.63) is 12.2 Å². The van der Waals surface area contributed by atoms with Crippen molar-refractivity contribution >= 4 is 0 Å². The van der Waals surface area contributed by atoms with Gasteiger partial charge in [-0.25, -0.2) is 0 Å². The van der Waals surface area contributed by atoms with Gasteiger partial charge in [-0.15, -0.1) is 0 Å². The molecule has 1 heteroatoms. The summed E-state index contributed by atoms with van der Waals surface area (Å²) >= 11 is 0. The van der Waals surface area contributed by atoms with Gasteiger partial charge in [0, 0.05) is 12.1 Å². The molecule has 1 nitrogen and oxygen atoms in total. The van der Waals surface area contributed by atoms with Crippen LogP contribution < -0.4 is 0 Å². The second-order valence-corrected chi connectivity index (χ2v) is 6.88. The van der Waals surface area contributed by atoms with Gasteiger partial charge in [0.15, 0.2) is 0 Å². The normalized spacial score (nSPS) is 24.5. The van der Waals surface area contributed by atoms with Crippen molar-refractivity contribution in [1.29, 1.82) is 0 Å². The van der Waals surface area contributed by atoms with Crippen LogP contribution in [0.5, 0.6) is 0 Å². The summed E-state index contributed by atoms with van der Waals surface area (Å²) in [6, 6.07) is 0. The summed E-state index contributed by atoms with van der Waals surface area (Å²) in [7, 11) is 0.